The van der Waals surface area contributed by atoms with Crippen molar-refractivity contribution in [1.29, 1.82) is 0 Å². The van der Waals surface area contributed by atoms with Crippen LogP contribution in [0.4, 0.5) is 5.00 Å². The number of thiophene rings is 1. The van der Waals surface area contributed by atoms with Crippen LogP contribution in [0, 0.1) is 0 Å². The largest absolute Gasteiger partial charge is 0.490 e. The van der Waals surface area contributed by atoms with E-state index in [0.717, 1.165) is 37.0 Å². The first kappa shape index (κ1) is 22.9. The monoisotopic (exact) mass is 465 g/mol. The molecule has 4 rings (SSSR count). The van der Waals surface area contributed by atoms with E-state index in [-0.39, 0.29) is 11.9 Å². The van der Waals surface area contributed by atoms with Gasteiger partial charge in [0.05, 0.1) is 12.2 Å². The zero-order chi connectivity index (χ0) is 23.0. The smallest absolute Gasteiger partial charge is 0.341 e. The summed E-state index contributed by atoms with van der Waals surface area (Å²) in [6.45, 7) is 2.90. The van der Waals surface area contributed by atoms with Gasteiger partial charge in [0, 0.05) is 10.4 Å². The molecule has 0 saturated heterocycles. The maximum atomic E-state index is 12.9. The molecule has 1 amide bonds. The van der Waals surface area contributed by atoms with E-state index < -0.39 is 0 Å². The molecule has 0 radical (unpaired) electrons. The highest BCUT2D eigenvalue weighted by atomic mass is 32.1. The Morgan fingerprint density at radius 1 is 0.909 bits per heavy atom. The Morgan fingerprint density at radius 2 is 1.58 bits per heavy atom. The second-order valence-electron chi connectivity index (χ2n) is 7.62. The lowest BCUT2D eigenvalue weighted by atomic mass is 9.95. The van der Waals surface area contributed by atoms with Crippen molar-refractivity contribution in [2.45, 2.75) is 32.6 Å². The van der Waals surface area contributed by atoms with Crippen LogP contribution in [0.1, 0.15) is 50.9 Å². The van der Waals surface area contributed by atoms with Gasteiger partial charge in [-0.2, -0.15) is 0 Å². The first-order valence-electron chi connectivity index (χ1n) is 11.2. The summed E-state index contributed by atoms with van der Waals surface area (Å²) in [5, 5.41) is 3.50. The van der Waals surface area contributed by atoms with E-state index in [1.807, 2.05) is 30.3 Å². The van der Waals surface area contributed by atoms with Crippen molar-refractivity contribution in [3.8, 4) is 11.5 Å². The third-order valence-electron chi connectivity index (χ3n) is 5.36. The predicted molar refractivity (Wildman–Crippen MR) is 129 cm³/mol. The summed E-state index contributed by atoms with van der Waals surface area (Å²) in [5.41, 5.74) is 2.04. The second kappa shape index (κ2) is 11.0. The fourth-order valence-electron chi connectivity index (χ4n) is 3.79. The number of amides is 1. The summed E-state index contributed by atoms with van der Waals surface area (Å²) in [7, 11) is 0. The molecule has 0 aliphatic heterocycles. The molecule has 2 aromatic carbocycles. The molecule has 3 aromatic rings. The van der Waals surface area contributed by atoms with E-state index >= 15 is 0 Å². The number of anilines is 1. The van der Waals surface area contributed by atoms with Crippen molar-refractivity contribution < 1.29 is 23.8 Å². The van der Waals surface area contributed by atoms with E-state index in [9.17, 15) is 9.59 Å². The number of para-hydroxylation sites is 1. The van der Waals surface area contributed by atoms with Gasteiger partial charge < -0.3 is 19.5 Å². The number of hydrogen-bond acceptors (Lipinski definition) is 6. The highest BCUT2D eigenvalue weighted by Crippen LogP contribution is 2.38. The molecule has 1 aromatic heterocycles. The molecule has 1 heterocycles. The van der Waals surface area contributed by atoms with Crippen LogP contribution in [0.5, 0.6) is 11.5 Å². The van der Waals surface area contributed by atoms with Gasteiger partial charge in [0.2, 0.25) is 0 Å². The average molecular weight is 466 g/mol. The summed E-state index contributed by atoms with van der Waals surface area (Å²) in [4.78, 5) is 26.6. The van der Waals surface area contributed by atoms with Gasteiger partial charge in [0.1, 0.15) is 29.7 Å². The van der Waals surface area contributed by atoms with Crippen LogP contribution in [-0.2, 0) is 17.6 Å². The Labute approximate surface area is 197 Å². The van der Waals surface area contributed by atoms with Crippen molar-refractivity contribution >= 4 is 28.2 Å². The fourth-order valence-corrected chi connectivity index (χ4v) is 5.06. The number of fused-ring (bicyclic) bond motifs is 1. The van der Waals surface area contributed by atoms with Crippen molar-refractivity contribution in [3.63, 3.8) is 0 Å². The summed E-state index contributed by atoms with van der Waals surface area (Å²) in [5.74, 6) is 0.819. The molecule has 7 heteroatoms. The molecule has 33 heavy (non-hydrogen) atoms. The Kier molecular flexibility index (Phi) is 7.62. The number of hydrogen-bond donors (Lipinski definition) is 1. The average Bonchev–Trinajstić information content (AvgIpc) is 3.21. The molecule has 0 atom stereocenters. The van der Waals surface area contributed by atoms with Crippen LogP contribution in [0.15, 0.2) is 54.6 Å². The van der Waals surface area contributed by atoms with Gasteiger partial charge in [-0.1, -0.05) is 18.2 Å². The minimum Gasteiger partial charge on any atom is -0.490 e. The lowest BCUT2D eigenvalue weighted by Crippen LogP contribution is -2.15. The zero-order valence-corrected chi connectivity index (χ0v) is 19.4. The van der Waals surface area contributed by atoms with E-state index in [1.165, 1.54) is 16.2 Å². The van der Waals surface area contributed by atoms with Crippen LogP contribution in [0.2, 0.25) is 0 Å². The molecule has 1 N–H and O–H groups in total. The standard InChI is InChI=1S/C26H27NO5S/c1-2-30-26(29)23-21-10-6-7-11-22(21)33-25(23)27-24(28)18-12-14-20(15-13-18)32-17-16-31-19-8-4-3-5-9-19/h3-5,8-9,12-15H,2,6-7,10-11,16-17H2,1H3,(H,27,28). The number of nitrogens with one attached hydrogen (secondary N) is 1. The number of esters is 1. The number of rotatable bonds is 9. The Morgan fingerprint density at radius 3 is 2.27 bits per heavy atom. The minimum absolute atomic E-state index is 0.266. The van der Waals surface area contributed by atoms with Crippen LogP contribution in [0.25, 0.3) is 0 Å². The van der Waals surface area contributed by atoms with E-state index in [4.69, 9.17) is 14.2 Å². The summed E-state index contributed by atoms with van der Waals surface area (Å²) in [6.07, 6.45) is 3.92. The van der Waals surface area contributed by atoms with Crippen LogP contribution >= 0.6 is 11.3 Å². The molecular weight excluding hydrogens is 438 g/mol. The molecule has 0 spiro atoms. The predicted octanol–water partition coefficient (Wildman–Crippen LogP) is 5.51. The van der Waals surface area contributed by atoms with Gasteiger partial charge in [-0.25, -0.2) is 4.79 Å². The normalized spacial score (nSPS) is 12.5. The molecule has 1 aliphatic carbocycles. The number of ether oxygens (including phenoxy) is 3. The van der Waals surface area contributed by atoms with Gasteiger partial charge in [0.25, 0.3) is 5.91 Å². The lowest BCUT2D eigenvalue weighted by Gasteiger charge is -2.12. The number of carbonyl (C=O) groups excluding carboxylic acids is 2. The number of aryl methyl sites for hydroxylation is 1. The maximum Gasteiger partial charge on any atom is 0.341 e. The molecule has 0 fully saturated rings. The first-order chi connectivity index (χ1) is 16.2. The van der Waals surface area contributed by atoms with Gasteiger partial charge in [0.15, 0.2) is 0 Å². The fraction of sp³-hybridized carbons (Fsp3) is 0.308. The Hall–Kier alpha value is -3.32. The third kappa shape index (κ3) is 5.73. The minimum atomic E-state index is -0.367. The van der Waals surface area contributed by atoms with Crippen LogP contribution in [-0.4, -0.2) is 31.7 Å². The maximum absolute atomic E-state index is 12.9. The number of benzene rings is 2. The summed E-state index contributed by atoms with van der Waals surface area (Å²) in [6, 6.07) is 16.5. The zero-order valence-electron chi connectivity index (χ0n) is 18.6. The second-order valence-corrected chi connectivity index (χ2v) is 8.73. The lowest BCUT2D eigenvalue weighted by molar-refractivity contribution is 0.0526. The van der Waals surface area contributed by atoms with Crippen molar-refractivity contribution in [1.82, 2.24) is 0 Å². The first-order valence-corrected chi connectivity index (χ1v) is 12.0. The third-order valence-corrected chi connectivity index (χ3v) is 6.57. The van der Waals surface area contributed by atoms with Crippen molar-refractivity contribution in [3.05, 3.63) is 76.2 Å². The highest BCUT2D eigenvalue weighted by molar-refractivity contribution is 7.17. The topological polar surface area (TPSA) is 73.9 Å². The van der Waals surface area contributed by atoms with Crippen LogP contribution < -0.4 is 14.8 Å². The quantitative estimate of drug-likeness (QED) is 0.333. The van der Waals surface area contributed by atoms with E-state index in [1.54, 1.807) is 31.2 Å². The highest BCUT2D eigenvalue weighted by Gasteiger charge is 2.27. The Balaban J connectivity index is 1.37. The van der Waals surface area contributed by atoms with E-state index in [0.29, 0.717) is 41.7 Å². The van der Waals surface area contributed by atoms with E-state index in [2.05, 4.69) is 5.32 Å². The van der Waals surface area contributed by atoms with Crippen molar-refractivity contribution in [2.24, 2.45) is 0 Å². The summed E-state index contributed by atoms with van der Waals surface area (Å²) >= 11 is 1.48. The van der Waals surface area contributed by atoms with Crippen molar-refractivity contribution in [2.75, 3.05) is 25.1 Å². The van der Waals surface area contributed by atoms with Gasteiger partial charge in [-0.15, -0.1) is 11.3 Å². The molecule has 172 valence electrons. The molecule has 6 nitrogen and oxygen atoms in total. The molecule has 0 unspecified atom stereocenters. The SMILES string of the molecule is CCOC(=O)c1c(NC(=O)c2ccc(OCCOc3ccccc3)cc2)sc2c1CCCC2. The van der Waals surface area contributed by atoms with Gasteiger partial charge in [-0.3, -0.25) is 4.79 Å². The molecule has 0 bridgehead atoms. The van der Waals surface area contributed by atoms with Gasteiger partial charge in [-0.05, 0) is 74.6 Å². The summed E-state index contributed by atoms with van der Waals surface area (Å²) < 4.78 is 16.6. The van der Waals surface area contributed by atoms with Gasteiger partial charge >= 0.3 is 5.97 Å². The molecular formula is C26H27NO5S. The number of carbonyl (C=O) groups is 2. The van der Waals surface area contributed by atoms with Crippen LogP contribution in [0.3, 0.4) is 0 Å². The Bertz CT molecular complexity index is 1090. The molecule has 0 saturated carbocycles. The molecule has 1 aliphatic rings.